The van der Waals surface area contributed by atoms with Gasteiger partial charge in [0.2, 0.25) is 0 Å². The third-order valence-electron chi connectivity index (χ3n) is 8.42. The predicted molar refractivity (Wildman–Crippen MR) is 115 cm³/mol. The fraction of sp³-hybridized carbons (Fsp3) is 0.560. The molecule has 0 saturated heterocycles. The molecule has 4 heteroatoms. The maximum atomic E-state index is 11.3. The third kappa shape index (κ3) is 2.79. The molecule has 0 aliphatic heterocycles. The van der Waals surface area contributed by atoms with Gasteiger partial charge in [0, 0.05) is 23.7 Å². The first-order chi connectivity index (χ1) is 13.9. The van der Waals surface area contributed by atoms with E-state index in [2.05, 4.69) is 43.2 Å². The lowest BCUT2D eigenvalue weighted by atomic mass is 9.55. The van der Waals surface area contributed by atoms with Gasteiger partial charge in [-0.1, -0.05) is 13.0 Å². The van der Waals surface area contributed by atoms with E-state index in [4.69, 9.17) is 4.74 Å². The van der Waals surface area contributed by atoms with Gasteiger partial charge in [-0.05, 0) is 91.7 Å². The molecule has 4 nitrogen and oxygen atoms in total. The molecule has 1 N–H and O–H groups in total. The quantitative estimate of drug-likeness (QED) is 0.809. The van der Waals surface area contributed by atoms with Crippen LogP contribution in [0.5, 0.6) is 5.75 Å². The van der Waals surface area contributed by atoms with Gasteiger partial charge in [-0.15, -0.1) is 0 Å². The Morgan fingerprint density at radius 2 is 2.14 bits per heavy atom. The molecular formula is C25H32N2O2. The fourth-order valence-electron chi connectivity index (χ4n) is 6.54. The Labute approximate surface area is 173 Å². The van der Waals surface area contributed by atoms with Crippen molar-refractivity contribution in [2.24, 2.45) is 24.3 Å². The van der Waals surface area contributed by atoms with Gasteiger partial charge in [0.05, 0.1) is 19.4 Å². The van der Waals surface area contributed by atoms with Crippen LogP contribution >= 0.6 is 0 Å². The van der Waals surface area contributed by atoms with E-state index in [-0.39, 0.29) is 11.5 Å². The van der Waals surface area contributed by atoms with Crippen LogP contribution < -0.4 is 4.74 Å². The Morgan fingerprint density at radius 3 is 2.86 bits per heavy atom. The van der Waals surface area contributed by atoms with Crippen LogP contribution in [0, 0.1) is 24.2 Å². The average Bonchev–Trinajstić information content (AvgIpc) is 3.18. The highest BCUT2D eigenvalue weighted by atomic mass is 16.5. The lowest BCUT2D eigenvalue weighted by Crippen LogP contribution is -2.44. The molecule has 29 heavy (non-hydrogen) atoms. The number of hydrogen-bond acceptors (Lipinski definition) is 3. The minimum Gasteiger partial charge on any atom is -0.497 e. The number of hydrogen-bond donors (Lipinski definition) is 1. The van der Waals surface area contributed by atoms with Crippen LogP contribution in [0.1, 0.15) is 60.9 Å². The van der Waals surface area contributed by atoms with Gasteiger partial charge in [-0.25, -0.2) is 0 Å². The minimum absolute atomic E-state index is 0.00686. The highest BCUT2D eigenvalue weighted by Crippen LogP contribution is 2.62. The van der Waals surface area contributed by atoms with Crippen LogP contribution in [0.4, 0.5) is 0 Å². The average molecular weight is 393 g/mol. The van der Waals surface area contributed by atoms with Crippen LogP contribution in [-0.2, 0) is 13.5 Å². The van der Waals surface area contributed by atoms with Crippen LogP contribution in [0.2, 0.25) is 0 Å². The smallest absolute Gasteiger partial charge is 0.119 e. The summed E-state index contributed by atoms with van der Waals surface area (Å²) in [6.45, 7) is 4.43. The summed E-state index contributed by atoms with van der Waals surface area (Å²) in [5.74, 6) is 2.80. The zero-order chi connectivity index (χ0) is 20.3. The summed E-state index contributed by atoms with van der Waals surface area (Å²) in [4.78, 5) is 0. The van der Waals surface area contributed by atoms with E-state index in [0.717, 1.165) is 36.3 Å². The number of rotatable bonds is 2. The van der Waals surface area contributed by atoms with E-state index in [0.29, 0.717) is 17.8 Å². The van der Waals surface area contributed by atoms with Crippen molar-refractivity contribution in [3.63, 3.8) is 0 Å². The predicted octanol–water partition coefficient (Wildman–Crippen LogP) is 4.65. The highest BCUT2D eigenvalue weighted by Gasteiger charge is 2.56. The largest absolute Gasteiger partial charge is 0.497 e. The molecule has 3 aliphatic rings. The van der Waals surface area contributed by atoms with Crippen LogP contribution in [0.3, 0.4) is 0 Å². The molecule has 5 atom stereocenters. The van der Waals surface area contributed by atoms with Gasteiger partial charge >= 0.3 is 0 Å². The molecule has 1 heterocycles. The van der Waals surface area contributed by atoms with Crippen molar-refractivity contribution >= 4 is 6.08 Å². The molecule has 1 aromatic carbocycles. The van der Waals surface area contributed by atoms with Crippen molar-refractivity contribution in [3.8, 4) is 5.75 Å². The van der Waals surface area contributed by atoms with E-state index < -0.39 is 0 Å². The number of aliphatic hydroxyl groups excluding tert-OH is 1. The van der Waals surface area contributed by atoms with Gasteiger partial charge in [-0.3, -0.25) is 4.68 Å². The first-order valence-electron chi connectivity index (χ1n) is 11.0. The van der Waals surface area contributed by atoms with E-state index >= 15 is 0 Å². The van der Waals surface area contributed by atoms with Crippen LogP contribution in [-0.4, -0.2) is 28.1 Å². The number of fused-ring (bicyclic) bond motifs is 5. The van der Waals surface area contributed by atoms with Gasteiger partial charge in [-0.2, -0.15) is 5.10 Å². The van der Waals surface area contributed by atoms with E-state index in [1.807, 2.05) is 17.9 Å². The Morgan fingerprint density at radius 1 is 1.31 bits per heavy atom. The first kappa shape index (κ1) is 18.9. The minimum atomic E-state index is -0.342. The lowest BCUT2D eigenvalue weighted by Gasteiger charge is -2.49. The molecule has 2 aromatic rings. The second-order valence-corrected chi connectivity index (χ2v) is 9.66. The molecule has 3 aliphatic carbocycles. The topological polar surface area (TPSA) is 47.3 Å². The van der Waals surface area contributed by atoms with E-state index in [1.165, 1.54) is 29.5 Å². The highest BCUT2D eigenvalue weighted by molar-refractivity contribution is 5.57. The summed E-state index contributed by atoms with van der Waals surface area (Å²) in [6, 6.07) is 6.66. The van der Waals surface area contributed by atoms with Gasteiger partial charge < -0.3 is 9.84 Å². The SMILES string of the molecule is COc1ccc2c(c1)CC[C@@H]1[C@@H]2CC[C@]2(C)[C@H](O)/C(=C/c3cnn(C)c3C)C[C@H]12. The Hall–Kier alpha value is -2.07. The normalized spacial score (nSPS) is 34.6. The lowest BCUT2D eigenvalue weighted by molar-refractivity contribution is -0.0158. The monoisotopic (exact) mass is 392 g/mol. The standard InChI is InChI=1S/C25H32N2O2/c1-15-18(14-26-27(15)3)11-17-13-23-22-7-5-16-12-19(29-4)6-8-20(16)21(22)9-10-25(23,2)24(17)28/h6,8,11-12,14,21-24,28H,5,7,9-10,13H2,1-4H3/b17-11+/t21-,22-,23-,24-,25+/m1/s1. The fourth-order valence-corrected chi connectivity index (χ4v) is 6.54. The number of methoxy groups -OCH3 is 1. The number of benzene rings is 1. The van der Waals surface area contributed by atoms with E-state index in [1.54, 1.807) is 7.11 Å². The first-order valence-corrected chi connectivity index (χ1v) is 11.0. The second-order valence-electron chi connectivity index (χ2n) is 9.66. The third-order valence-corrected chi connectivity index (χ3v) is 8.42. The Bertz CT molecular complexity index is 975. The van der Waals surface area contributed by atoms with Crippen LogP contribution in [0.15, 0.2) is 30.0 Å². The van der Waals surface area contributed by atoms with Crippen molar-refractivity contribution in [3.05, 3.63) is 52.4 Å². The van der Waals surface area contributed by atoms with Crippen molar-refractivity contribution in [1.29, 1.82) is 0 Å². The molecule has 0 bridgehead atoms. The summed E-state index contributed by atoms with van der Waals surface area (Å²) in [5, 5.41) is 15.7. The summed E-state index contributed by atoms with van der Waals surface area (Å²) in [7, 11) is 3.72. The number of aromatic nitrogens is 2. The maximum absolute atomic E-state index is 11.3. The molecular weight excluding hydrogens is 360 g/mol. The molecule has 2 saturated carbocycles. The van der Waals surface area contributed by atoms with Crippen LogP contribution in [0.25, 0.3) is 6.08 Å². The number of aliphatic hydroxyl groups is 1. The zero-order valence-electron chi connectivity index (χ0n) is 18.0. The second kappa shape index (κ2) is 6.73. The van der Waals surface area contributed by atoms with Crippen molar-refractivity contribution < 1.29 is 9.84 Å². The van der Waals surface area contributed by atoms with Crippen molar-refractivity contribution in [1.82, 2.24) is 9.78 Å². The zero-order valence-corrected chi connectivity index (χ0v) is 18.0. The number of aryl methyl sites for hydroxylation is 2. The Kier molecular flexibility index (Phi) is 4.39. The van der Waals surface area contributed by atoms with E-state index in [9.17, 15) is 5.11 Å². The molecule has 0 radical (unpaired) electrons. The summed E-state index contributed by atoms with van der Waals surface area (Å²) < 4.78 is 7.36. The van der Waals surface area contributed by atoms with Crippen molar-refractivity contribution in [2.75, 3.05) is 7.11 Å². The number of nitrogens with zero attached hydrogens (tertiary/aromatic N) is 2. The molecule has 0 spiro atoms. The van der Waals surface area contributed by atoms with Gasteiger partial charge in [0.25, 0.3) is 0 Å². The number of ether oxygens (including phenoxy) is 1. The van der Waals surface area contributed by atoms with Gasteiger partial charge in [0.1, 0.15) is 5.75 Å². The molecule has 1 aromatic heterocycles. The molecule has 5 rings (SSSR count). The molecule has 0 unspecified atom stereocenters. The molecule has 2 fully saturated rings. The summed E-state index contributed by atoms with van der Waals surface area (Å²) >= 11 is 0. The maximum Gasteiger partial charge on any atom is 0.119 e. The molecule has 0 amide bonds. The molecule has 154 valence electrons. The van der Waals surface area contributed by atoms with Crippen molar-refractivity contribution in [2.45, 2.75) is 58.0 Å². The van der Waals surface area contributed by atoms with Gasteiger partial charge in [0.15, 0.2) is 0 Å². The summed E-state index contributed by atoms with van der Waals surface area (Å²) in [6.07, 6.45) is 9.42. The Balaban J connectivity index is 1.48. The summed E-state index contributed by atoms with van der Waals surface area (Å²) in [5.41, 5.74) is 6.49.